The zero-order valence-corrected chi connectivity index (χ0v) is 14.0. The fourth-order valence-corrected chi connectivity index (χ4v) is 4.58. The van der Waals surface area contributed by atoms with E-state index in [2.05, 4.69) is 10.4 Å². The number of aromatic nitrogens is 2. The van der Waals surface area contributed by atoms with Crippen LogP contribution in [0.2, 0.25) is 0 Å². The normalized spacial score (nSPS) is 25.0. The summed E-state index contributed by atoms with van der Waals surface area (Å²) in [5, 5.41) is 6.99. The van der Waals surface area contributed by atoms with E-state index >= 15 is 0 Å². The van der Waals surface area contributed by atoms with Crippen LogP contribution in [0.25, 0.3) is 0 Å². The SMILES string of the molecule is CN1CCn2ncc(C(=O)N[C@@H]3C[C@H]3c3ccccc3)c2S1(=O)=O. The lowest BCUT2D eigenvalue weighted by atomic mass is 10.1. The predicted octanol–water partition coefficient (Wildman–Crippen LogP) is 0.803. The molecule has 1 amide bonds. The number of nitrogens with zero attached hydrogens (tertiary/aromatic N) is 3. The van der Waals surface area contributed by atoms with Crippen LogP contribution >= 0.6 is 0 Å². The van der Waals surface area contributed by atoms with Crippen LogP contribution in [-0.2, 0) is 16.6 Å². The van der Waals surface area contributed by atoms with Gasteiger partial charge in [-0.1, -0.05) is 30.3 Å². The zero-order chi connectivity index (χ0) is 16.9. The van der Waals surface area contributed by atoms with Crippen molar-refractivity contribution in [3.05, 3.63) is 47.7 Å². The molecule has 1 fully saturated rings. The zero-order valence-electron chi connectivity index (χ0n) is 13.2. The van der Waals surface area contributed by atoms with Crippen LogP contribution in [0.5, 0.6) is 0 Å². The number of hydrogen-bond acceptors (Lipinski definition) is 4. The van der Waals surface area contributed by atoms with E-state index in [1.807, 2.05) is 30.3 Å². The number of carbonyl (C=O) groups excluding carboxylic acids is 1. The van der Waals surface area contributed by atoms with E-state index in [-0.39, 0.29) is 22.5 Å². The van der Waals surface area contributed by atoms with Crippen LogP contribution in [0.3, 0.4) is 0 Å². The monoisotopic (exact) mass is 346 g/mol. The molecule has 0 bridgehead atoms. The fraction of sp³-hybridized carbons (Fsp3) is 0.375. The standard InChI is InChI=1S/C16H18N4O3S/c1-19-7-8-20-16(24(19,22)23)13(10-17-20)15(21)18-14-9-12(14)11-5-3-2-4-6-11/h2-6,10,12,14H,7-9H2,1H3,(H,18,21)/t12-,14+/m0/s1. The molecule has 2 aliphatic rings. The molecule has 2 aromatic rings. The van der Waals surface area contributed by atoms with E-state index in [1.165, 1.54) is 27.8 Å². The predicted molar refractivity (Wildman–Crippen MR) is 87.1 cm³/mol. The average Bonchev–Trinajstić information content (AvgIpc) is 3.18. The summed E-state index contributed by atoms with van der Waals surface area (Å²) in [5.74, 6) is -0.0839. The Balaban J connectivity index is 1.54. The minimum Gasteiger partial charge on any atom is -0.349 e. The number of likely N-dealkylation sites (N-methyl/N-ethyl adjacent to an activating group) is 1. The van der Waals surface area contributed by atoms with Crippen LogP contribution in [0, 0.1) is 0 Å². The third-order valence-corrected chi connectivity index (χ3v) is 6.57. The van der Waals surface area contributed by atoms with E-state index in [0.717, 1.165) is 6.42 Å². The van der Waals surface area contributed by atoms with Crippen LogP contribution in [0.4, 0.5) is 0 Å². The molecular weight excluding hydrogens is 328 g/mol. The summed E-state index contributed by atoms with van der Waals surface area (Å²) in [4.78, 5) is 12.6. The highest BCUT2D eigenvalue weighted by molar-refractivity contribution is 7.89. The molecule has 4 rings (SSSR count). The van der Waals surface area contributed by atoms with Gasteiger partial charge in [0.15, 0.2) is 5.03 Å². The first-order valence-corrected chi connectivity index (χ1v) is 9.30. The number of rotatable bonds is 3. The van der Waals surface area contributed by atoms with Gasteiger partial charge >= 0.3 is 0 Å². The molecule has 2 atom stereocenters. The van der Waals surface area contributed by atoms with Gasteiger partial charge in [0.05, 0.1) is 18.3 Å². The van der Waals surface area contributed by atoms with E-state index < -0.39 is 10.0 Å². The Bertz CT molecular complexity index is 891. The van der Waals surface area contributed by atoms with Crippen molar-refractivity contribution in [2.24, 2.45) is 0 Å². The molecule has 8 heteroatoms. The van der Waals surface area contributed by atoms with E-state index in [9.17, 15) is 13.2 Å². The summed E-state index contributed by atoms with van der Waals surface area (Å²) in [6, 6.07) is 10.0. The summed E-state index contributed by atoms with van der Waals surface area (Å²) < 4.78 is 27.6. The van der Waals surface area contributed by atoms with Crippen LogP contribution < -0.4 is 5.32 Å². The number of sulfonamides is 1. The fourth-order valence-electron chi connectivity index (χ4n) is 3.13. The largest absolute Gasteiger partial charge is 0.349 e. The molecule has 1 saturated carbocycles. The third kappa shape index (κ3) is 2.42. The molecule has 0 unspecified atom stereocenters. The van der Waals surface area contributed by atoms with Crippen molar-refractivity contribution < 1.29 is 13.2 Å². The molecule has 2 heterocycles. The lowest BCUT2D eigenvalue weighted by Gasteiger charge is -2.23. The van der Waals surface area contributed by atoms with E-state index in [4.69, 9.17) is 0 Å². The van der Waals surface area contributed by atoms with Gasteiger partial charge < -0.3 is 5.32 Å². The smallest absolute Gasteiger partial charge is 0.260 e. The van der Waals surface area contributed by atoms with Gasteiger partial charge in [0.1, 0.15) is 0 Å². The second kappa shape index (κ2) is 5.42. The molecule has 24 heavy (non-hydrogen) atoms. The Morgan fingerprint density at radius 3 is 2.75 bits per heavy atom. The summed E-state index contributed by atoms with van der Waals surface area (Å²) in [7, 11) is -2.15. The maximum absolute atomic E-state index is 12.6. The van der Waals surface area contributed by atoms with Crippen LogP contribution in [0.15, 0.2) is 41.6 Å². The van der Waals surface area contributed by atoms with Gasteiger partial charge in [-0.15, -0.1) is 0 Å². The Hall–Kier alpha value is -2.19. The first-order valence-electron chi connectivity index (χ1n) is 7.86. The molecule has 0 spiro atoms. The van der Waals surface area contributed by atoms with Gasteiger partial charge in [0, 0.05) is 25.6 Å². The van der Waals surface area contributed by atoms with Crippen LogP contribution in [-0.4, -0.2) is 48.0 Å². The van der Waals surface area contributed by atoms with Gasteiger partial charge in [0.2, 0.25) is 0 Å². The summed E-state index contributed by atoms with van der Waals surface area (Å²) in [6.07, 6.45) is 2.22. The maximum atomic E-state index is 12.6. The average molecular weight is 346 g/mol. The molecule has 0 radical (unpaired) electrons. The Morgan fingerprint density at radius 1 is 1.25 bits per heavy atom. The first kappa shape index (κ1) is 15.3. The molecule has 1 aromatic carbocycles. The number of fused-ring (bicyclic) bond motifs is 1. The number of amides is 1. The van der Waals surface area contributed by atoms with Crippen molar-refractivity contribution in [3.8, 4) is 0 Å². The number of nitrogens with one attached hydrogen (secondary N) is 1. The van der Waals surface area contributed by atoms with Crippen LogP contribution in [0.1, 0.15) is 28.3 Å². The minimum atomic E-state index is -3.66. The van der Waals surface area contributed by atoms with Gasteiger partial charge in [-0.25, -0.2) is 8.42 Å². The molecule has 126 valence electrons. The van der Waals surface area contributed by atoms with Gasteiger partial charge in [-0.05, 0) is 12.0 Å². The molecule has 0 saturated heterocycles. The number of benzene rings is 1. The van der Waals surface area contributed by atoms with Gasteiger partial charge in [-0.2, -0.15) is 9.40 Å². The molecule has 1 aliphatic heterocycles. The Labute approximate surface area is 140 Å². The minimum absolute atomic E-state index is 0.00865. The lowest BCUT2D eigenvalue weighted by molar-refractivity contribution is 0.0946. The summed E-state index contributed by atoms with van der Waals surface area (Å²) in [5.41, 5.74) is 1.31. The van der Waals surface area contributed by atoms with Crippen molar-refractivity contribution in [3.63, 3.8) is 0 Å². The second-order valence-corrected chi connectivity index (χ2v) is 8.21. The first-order chi connectivity index (χ1) is 11.5. The number of hydrogen-bond donors (Lipinski definition) is 1. The molecule has 1 aliphatic carbocycles. The quantitative estimate of drug-likeness (QED) is 0.891. The van der Waals surface area contributed by atoms with Gasteiger partial charge in [0.25, 0.3) is 15.9 Å². The lowest BCUT2D eigenvalue weighted by Crippen LogP contribution is -2.39. The highest BCUT2D eigenvalue weighted by Gasteiger charge is 2.41. The summed E-state index contributed by atoms with van der Waals surface area (Å²) >= 11 is 0. The van der Waals surface area contributed by atoms with Crippen molar-refractivity contribution in [1.29, 1.82) is 0 Å². The maximum Gasteiger partial charge on any atom is 0.260 e. The highest BCUT2D eigenvalue weighted by Crippen LogP contribution is 2.40. The molecular formula is C16H18N4O3S. The van der Waals surface area contributed by atoms with Crippen molar-refractivity contribution >= 4 is 15.9 Å². The Kier molecular flexibility index (Phi) is 3.47. The Morgan fingerprint density at radius 2 is 2.00 bits per heavy atom. The molecule has 1 aromatic heterocycles. The van der Waals surface area contributed by atoms with Gasteiger partial charge in [-0.3, -0.25) is 9.48 Å². The van der Waals surface area contributed by atoms with E-state index in [0.29, 0.717) is 19.0 Å². The van der Waals surface area contributed by atoms with E-state index in [1.54, 1.807) is 0 Å². The molecule has 7 nitrogen and oxygen atoms in total. The second-order valence-electron chi connectivity index (χ2n) is 6.25. The van der Waals surface area contributed by atoms with Crippen molar-refractivity contribution in [2.45, 2.75) is 30.0 Å². The molecule has 1 N–H and O–H groups in total. The highest BCUT2D eigenvalue weighted by atomic mass is 32.2. The van der Waals surface area contributed by atoms with Crippen molar-refractivity contribution in [2.75, 3.05) is 13.6 Å². The van der Waals surface area contributed by atoms with Crippen molar-refractivity contribution in [1.82, 2.24) is 19.4 Å². The number of carbonyl (C=O) groups is 1. The topological polar surface area (TPSA) is 84.3 Å². The summed E-state index contributed by atoms with van der Waals surface area (Å²) in [6.45, 7) is 0.811. The third-order valence-electron chi connectivity index (χ3n) is 4.65.